The summed E-state index contributed by atoms with van der Waals surface area (Å²) in [5.74, 6) is 0.679. The van der Waals surface area contributed by atoms with Crippen LogP contribution in [0.4, 0.5) is 0 Å². The summed E-state index contributed by atoms with van der Waals surface area (Å²) in [6, 6.07) is 16.0. The number of hydrogen-bond acceptors (Lipinski definition) is 2. The molecule has 0 atom stereocenters. The summed E-state index contributed by atoms with van der Waals surface area (Å²) in [6.45, 7) is 8.62. The third-order valence-corrected chi connectivity index (χ3v) is 6.14. The highest BCUT2D eigenvalue weighted by atomic mass is 14.9. The molecule has 3 heteroatoms. The molecule has 28 heavy (non-hydrogen) atoms. The molecule has 0 bridgehead atoms. The molecule has 3 heterocycles. The first-order chi connectivity index (χ1) is 13.6. The van der Waals surface area contributed by atoms with E-state index in [0.29, 0.717) is 5.92 Å². The van der Waals surface area contributed by atoms with Crippen LogP contribution in [0.1, 0.15) is 41.3 Å². The lowest BCUT2D eigenvalue weighted by molar-refractivity contribution is 0.460. The van der Waals surface area contributed by atoms with Crippen molar-refractivity contribution < 1.29 is 0 Å². The van der Waals surface area contributed by atoms with Gasteiger partial charge in [0.2, 0.25) is 0 Å². The van der Waals surface area contributed by atoms with Crippen molar-refractivity contribution >= 4 is 21.8 Å². The summed E-state index contributed by atoms with van der Waals surface area (Å²) in [6.07, 6.45) is 2.47. The largest absolute Gasteiger partial charge is 0.354 e. The maximum Gasteiger partial charge on any atom is 0.0473 e. The maximum absolute atomic E-state index is 4.52. The van der Waals surface area contributed by atoms with Gasteiger partial charge in [0.05, 0.1) is 0 Å². The molecule has 0 saturated carbocycles. The van der Waals surface area contributed by atoms with Gasteiger partial charge in [0, 0.05) is 33.2 Å². The van der Waals surface area contributed by atoms with Crippen molar-refractivity contribution in [2.45, 2.75) is 39.5 Å². The SMILES string of the molecule is Cc1cc(-c2cc(C)c3c(c2)[nH]c2ccc(C4CCNCC4)cc23)cc(C)n1. The second-order valence-electron chi connectivity index (χ2n) is 8.31. The molecule has 0 spiro atoms. The Labute approximate surface area is 166 Å². The van der Waals surface area contributed by atoms with Crippen LogP contribution in [-0.2, 0) is 0 Å². The van der Waals surface area contributed by atoms with Crippen LogP contribution in [0, 0.1) is 20.8 Å². The minimum atomic E-state index is 0.679. The van der Waals surface area contributed by atoms with Gasteiger partial charge in [0.25, 0.3) is 0 Å². The first-order valence-electron chi connectivity index (χ1n) is 10.3. The van der Waals surface area contributed by atoms with Crippen molar-refractivity contribution in [3.63, 3.8) is 0 Å². The lowest BCUT2D eigenvalue weighted by Crippen LogP contribution is -2.26. The molecule has 0 aliphatic carbocycles. The predicted molar refractivity (Wildman–Crippen MR) is 118 cm³/mol. The number of H-pyrrole nitrogens is 1. The summed E-state index contributed by atoms with van der Waals surface area (Å²) in [7, 11) is 0. The number of piperidine rings is 1. The van der Waals surface area contributed by atoms with E-state index in [0.717, 1.165) is 24.5 Å². The van der Waals surface area contributed by atoms with Gasteiger partial charge in [0.1, 0.15) is 0 Å². The summed E-state index contributed by atoms with van der Waals surface area (Å²) in [4.78, 5) is 8.18. The van der Waals surface area contributed by atoms with Crippen molar-refractivity contribution in [1.29, 1.82) is 0 Å². The molecule has 5 rings (SSSR count). The van der Waals surface area contributed by atoms with Gasteiger partial charge >= 0.3 is 0 Å². The number of aromatic nitrogens is 2. The molecule has 3 nitrogen and oxygen atoms in total. The van der Waals surface area contributed by atoms with Crippen molar-refractivity contribution in [3.05, 3.63) is 65.0 Å². The van der Waals surface area contributed by atoms with E-state index < -0.39 is 0 Å². The first kappa shape index (κ1) is 17.4. The van der Waals surface area contributed by atoms with Crippen LogP contribution in [0.2, 0.25) is 0 Å². The molecule has 1 saturated heterocycles. The van der Waals surface area contributed by atoms with E-state index in [-0.39, 0.29) is 0 Å². The molecule has 1 aliphatic rings. The van der Waals surface area contributed by atoms with Crippen LogP contribution in [0.15, 0.2) is 42.5 Å². The average Bonchev–Trinajstić information content (AvgIpc) is 3.06. The van der Waals surface area contributed by atoms with Crippen LogP contribution in [-0.4, -0.2) is 23.1 Å². The van der Waals surface area contributed by atoms with E-state index in [1.54, 1.807) is 0 Å². The lowest BCUT2D eigenvalue weighted by atomic mass is 9.89. The molecule has 2 N–H and O–H groups in total. The van der Waals surface area contributed by atoms with Gasteiger partial charge < -0.3 is 10.3 Å². The number of hydrogen-bond donors (Lipinski definition) is 2. The minimum absolute atomic E-state index is 0.679. The molecule has 142 valence electrons. The second-order valence-corrected chi connectivity index (χ2v) is 8.31. The summed E-state index contributed by atoms with van der Waals surface area (Å²) in [5.41, 5.74) is 9.89. The molecule has 2 aromatic carbocycles. The van der Waals surface area contributed by atoms with Crippen LogP contribution >= 0.6 is 0 Å². The van der Waals surface area contributed by atoms with Gasteiger partial charge in [-0.3, -0.25) is 4.98 Å². The highest BCUT2D eigenvalue weighted by molar-refractivity contribution is 6.10. The maximum atomic E-state index is 4.52. The quantitative estimate of drug-likeness (QED) is 0.470. The molecule has 4 aromatic rings. The Morgan fingerprint density at radius 3 is 2.29 bits per heavy atom. The second kappa shape index (κ2) is 6.75. The third-order valence-electron chi connectivity index (χ3n) is 6.14. The normalized spacial score (nSPS) is 15.5. The van der Waals surface area contributed by atoms with E-state index in [1.807, 2.05) is 0 Å². The Balaban J connectivity index is 1.65. The van der Waals surface area contributed by atoms with E-state index >= 15 is 0 Å². The zero-order valence-corrected chi connectivity index (χ0v) is 16.9. The Morgan fingerprint density at radius 2 is 1.54 bits per heavy atom. The van der Waals surface area contributed by atoms with Crippen LogP contribution in [0.5, 0.6) is 0 Å². The van der Waals surface area contributed by atoms with Crippen LogP contribution in [0.25, 0.3) is 32.9 Å². The van der Waals surface area contributed by atoms with E-state index in [2.05, 4.69) is 78.5 Å². The molecule has 1 fully saturated rings. The molecule has 0 amide bonds. The van der Waals surface area contributed by atoms with Gasteiger partial charge in [-0.1, -0.05) is 12.1 Å². The van der Waals surface area contributed by atoms with E-state index in [4.69, 9.17) is 0 Å². The van der Waals surface area contributed by atoms with Crippen molar-refractivity contribution in [1.82, 2.24) is 15.3 Å². The van der Waals surface area contributed by atoms with Gasteiger partial charge in [-0.05, 0) is 105 Å². The van der Waals surface area contributed by atoms with Gasteiger partial charge in [0.15, 0.2) is 0 Å². The molecular weight excluding hydrogens is 342 g/mol. The summed E-state index contributed by atoms with van der Waals surface area (Å²) in [5, 5.41) is 6.19. The first-order valence-corrected chi connectivity index (χ1v) is 10.3. The van der Waals surface area contributed by atoms with E-state index in [1.165, 1.54) is 56.9 Å². The van der Waals surface area contributed by atoms with Crippen molar-refractivity contribution in [2.24, 2.45) is 0 Å². The predicted octanol–water partition coefficient (Wildman–Crippen LogP) is 5.78. The Hall–Kier alpha value is -2.65. The molecular formula is C25H27N3. The number of aryl methyl sites for hydroxylation is 3. The number of rotatable bonds is 2. The van der Waals surface area contributed by atoms with Gasteiger partial charge in [-0.25, -0.2) is 0 Å². The standard InChI is InChI=1S/C25H27N3/c1-15-10-20(21-11-16(2)27-17(3)12-21)14-24-25(15)22-13-19(4-5-23(22)28-24)18-6-8-26-9-7-18/h4-5,10-14,18,26,28H,6-9H2,1-3H3. The smallest absolute Gasteiger partial charge is 0.0473 e. The van der Waals surface area contributed by atoms with Gasteiger partial charge in [-0.15, -0.1) is 0 Å². The molecule has 2 aromatic heterocycles. The molecule has 0 radical (unpaired) electrons. The summed E-state index contributed by atoms with van der Waals surface area (Å²) < 4.78 is 0. The Bertz CT molecular complexity index is 1160. The number of fused-ring (bicyclic) bond motifs is 3. The number of benzene rings is 2. The summed E-state index contributed by atoms with van der Waals surface area (Å²) >= 11 is 0. The number of aromatic amines is 1. The Kier molecular flexibility index (Phi) is 4.21. The minimum Gasteiger partial charge on any atom is -0.354 e. The zero-order valence-electron chi connectivity index (χ0n) is 16.9. The fraction of sp³-hybridized carbons (Fsp3) is 0.320. The van der Waals surface area contributed by atoms with Crippen molar-refractivity contribution in [3.8, 4) is 11.1 Å². The van der Waals surface area contributed by atoms with Gasteiger partial charge in [-0.2, -0.15) is 0 Å². The number of nitrogens with one attached hydrogen (secondary N) is 2. The van der Waals surface area contributed by atoms with Crippen LogP contribution in [0.3, 0.4) is 0 Å². The fourth-order valence-corrected chi connectivity index (χ4v) is 4.84. The van der Waals surface area contributed by atoms with Crippen molar-refractivity contribution in [2.75, 3.05) is 13.1 Å². The average molecular weight is 370 g/mol. The lowest BCUT2D eigenvalue weighted by Gasteiger charge is -2.23. The van der Waals surface area contributed by atoms with Crippen LogP contribution < -0.4 is 5.32 Å². The molecule has 0 unspecified atom stereocenters. The monoisotopic (exact) mass is 369 g/mol. The third kappa shape index (κ3) is 3.00. The highest BCUT2D eigenvalue weighted by Crippen LogP contribution is 2.35. The topological polar surface area (TPSA) is 40.7 Å². The number of nitrogens with zero attached hydrogens (tertiary/aromatic N) is 1. The highest BCUT2D eigenvalue weighted by Gasteiger charge is 2.17. The molecule has 1 aliphatic heterocycles. The fourth-order valence-electron chi connectivity index (χ4n) is 4.84. The number of pyridine rings is 1. The Morgan fingerprint density at radius 1 is 0.821 bits per heavy atom. The zero-order chi connectivity index (χ0) is 19.3. The van der Waals surface area contributed by atoms with E-state index in [9.17, 15) is 0 Å².